The van der Waals surface area contributed by atoms with Gasteiger partial charge in [0.05, 0.1) is 6.20 Å². The molecular weight excluding hydrogens is 274 g/mol. The molecule has 0 aliphatic heterocycles. The molecule has 1 saturated carbocycles. The molecule has 5 heteroatoms. The SMILES string of the molecule is CCNC(=NCC1(CC)CCCC1)NCCc1cnn(C)c1. The third-order valence-corrected chi connectivity index (χ3v) is 4.80. The van der Waals surface area contributed by atoms with Crippen LogP contribution in [0.4, 0.5) is 0 Å². The van der Waals surface area contributed by atoms with Crippen LogP contribution < -0.4 is 10.6 Å². The van der Waals surface area contributed by atoms with Crippen molar-refractivity contribution in [1.29, 1.82) is 0 Å². The lowest BCUT2D eigenvalue weighted by Crippen LogP contribution is -2.39. The molecule has 124 valence electrons. The molecule has 1 aliphatic carbocycles. The average molecular weight is 305 g/mol. The van der Waals surface area contributed by atoms with Gasteiger partial charge in [-0.25, -0.2) is 0 Å². The van der Waals surface area contributed by atoms with Crippen LogP contribution in [0.15, 0.2) is 17.4 Å². The van der Waals surface area contributed by atoms with Gasteiger partial charge in [-0.2, -0.15) is 5.10 Å². The molecule has 2 rings (SSSR count). The van der Waals surface area contributed by atoms with Gasteiger partial charge in [-0.15, -0.1) is 0 Å². The van der Waals surface area contributed by atoms with Gasteiger partial charge in [0.15, 0.2) is 5.96 Å². The van der Waals surface area contributed by atoms with Crippen molar-refractivity contribution in [2.24, 2.45) is 17.5 Å². The van der Waals surface area contributed by atoms with Crippen molar-refractivity contribution in [3.8, 4) is 0 Å². The standard InChI is InChI=1S/C17H31N5/c1-4-17(9-6-7-10-17)14-20-16(18-5-2)19-11-8-15-12-21-22(3)13-15/h12-13H,4-11,14H2,1-3H3,(H2,18,19,20). The molecule has 0 radical (unpaired) electrons. The Morgan fingerprint density at radius 1 is 1.32 bits per heavy atom. The molecule has 1 aromatic rings. The number of hydrogen-bond donors (Lipinski definition) is 2. The summed E-state index contributed by atoms with van der Waals surface area (Å²) in [5, 5.41) is 11.0. The Morgan fingerprint density at radius 2 is 2.09 bits per heavy atom. The number of hydrogen-bond acceptors (Lipinski definition) is 2. The Labute approximate surface area is 134 Å². The van der Waals surface area contributed by atoms with Crippen molar-refractivity contribution in [3.63, 3.8) is 0 Å². The summed E-state index contributed by atoms with van der Waals surface area (Å²) < 4.78 is 1.85. The van der Waals surface area contributed by atoms with Crippen LogP contribution in [0.25, 0.3) is 0 Å². The number of aromatic nitrogens is 2. The summed E-state index contributed by atoms with van der Waals surface area (Å²) in [5.74, 6) is 0.950. The maximum Gasteiger partial charge on any atom is 0.191 e. The minimum absolute atomic E-state index is 0.450. The highest BCUT2D eigenvalue weighted by atomic mass is 15.2. The zero-order valence-electron chi connectivity index (χ0n) is 14.4. The van der Waals surface area contributed by atoms with Crippen LogP contribution in [-0.4, -0.2) is 35.4 Å². The number of rotatable bonds is 7. The lowest BCUT2D eigenvalue weighted by Gasteiger charge is -2.25. The monoisotopic (exact) mass is 305 g/mol. The zero-order valence-corrected chi connectivity index (χ0v) is 14.4. The van der Waals surface area contributed by atoms with Crippen LogP contribution >= 0.6 is 0 Å². The average Bonchev–Trinajstić information content (AvgIpc) is 3.15. The van der Waals surface area contributed by atoms with E-state index in [0.717, 1.165) is 32.0 Å². The van der Waals surface area contributed by atoms with Crippen LogP contribution in [-0.2, 0) is 13.5 Å². The van der Waals surface area contributed by atoms with E-state index in [2.05, 4.69) is 35.8 Å². The molecule has 1 fully saturated rings. The second kappa shape index (κ2) is 8.20. The first-order chi connectivity index (χ1) is 10.7. The lowest BCUT2D eigenvalue weighted by molar-refractivity contribution is 0.297. The molecular formula is C17H31N5. The van der Waals surface area contributed by atoms with Crippen molar-refractivity contribution in [1.82, 2.24) is 20.4 Å². The van der Waals surface area contributed by atoms with E-state index < -0.39 is 0 Å². The van der Waals surface area contributed by atoms with Gasteiger partial charge in [0.2, 0.25) is 0 Å². The predicted molar refractivity (Wildman–Crippen MR) is 92.1 cm³/mol. The Kier molecular flexibility index (Phi) is 6.28. The van der Waals surface area contributed by atoms with Crippen LogP contribution in [0, 0.1) is 5.41 Å². The lowest BCUT2D eigenvalue weighted by atomic mass is 9.84. The fourth-order valence-corrected chi connectivity index (χ4v) is 3.26. The van der Waals surface area contributed by atoms with E-state index in [1.807, 2.05) is 17.9 Å². The molecule has 0 atom stereocenters. The maximum atomic E-state index is 4.85. The predicted octanol–water partition coefficient (Wildman–Crippen LogP) is 2.49. The molecule has 1 aromatic heterocycles. The Bertz CT molecular complexity index is 471. The first-order valence-electron chi connectivity index (χ1n) is 8.67. The first-order valence-corrected chi connectivity index (χ1v) is 8.67. The van der Waals surface area contributed by atoms with Gasteiger partial charge in [0.25, 0.3) is 0 Å². The Morgan fingerprint density at radius 3 is 2.68 bits per heavy atom. The summed E-state index contributed by atoms with van der Waals surface area (Å²) in [6, 6.07) is 0. The number of nitrogens with zero attached hydrogens (tertiary/aromatic N) is 3. The molecule has 0 bridgehead atoms. The third-order valence-electron chi connectivity index (χ3n) is 4.80. The largest absolute Gasteiger partial charge is 0.357 e. The van der Waals surface area contributed by atoms with Gasteiger partial charge in [-0.3, -0.25) is 9.67 Å². The number of aryl methyl sites for hydroxylation is 1. The molecule has 0 saturated heterocycles. The van der Waals surface area contributed by atoms with E-state index in [9.17, 15) is 0 Å². The van der Waals surface area contributed by atoms with Crippen LogP contribution in [0.3, 0.4) is 0 Å². The van der Waals surface area contributed by atoms with Crippen LogP contribution in [0.2, 0.25) is 0 Å². The van der Waals surface area contributed by atoms with E-state index in [0.29, 0.717) is 5.41 Å². The van der Waals surface area contributed by atoms with Gasteiger partial charge in [-0.1, -0.05) is 19.8 Å². The van der Waals surface area contributed by atoms with E-state index in [4.69, 9.17) is 4.99 Å². The highest BCUT2D eigenvalue weighted by molar-refractivity contribution is 5.79. The van der Waals surface area contributed by atoms with E-state index in [1.165, 1.54) is 37.7 Å². The fraction of sp³-hybridized carbons (Fsp3) is 0.765. The van der Waals surface area contributed by atoms with Crippen molar-refractivity contribution in [2.45, 2.75) is 52.4 Å². The summed E-state index contributed by atoms with van der Waals surface area (Å²) in [6.45, 7) is 7.16. The molecule has 1 aliphatic rings. The quantitative estimate of drug-likeness (QED) is 0.601. The van der Waals surface area contributed by atoms with Crippen LogP contribution in [0.5, 0.6) is 0 Å². The van der Waals surface area contributed by atoms with E-state index in [-0.39, 0.29) is 0 Å². The summed E-state index contributed by atoms with van der Waals surface area (Å²) in [7, 11) is 1.95. The highest BCUT2D eigenvalue weighted by Crippen LogP contribution is 2.41. The summed E-state index contributed by atoms with van der Waals surface area (Å²) in [5.41, 5.74) is 1.71. The van der Waals surface area contributed by atoms with Crippen molar-refractivity contribution in [3.05, 3.63) is 18.0 Å². The zero-order chi connectivity index (χ0) is 15.8. The normalized spacial score (nSPS) is 17.7. The number of guanidine groups is 1. The molecule has 22 heavy (non-hydrogen) atoms. The third kappa shape index (κ3) is 4.75. The second-order valence-corrected chi connectivity index (χ2v) is 6.45. The molecule has 0 amide bonds. The number of aliphatic imine (C=N–C) groups is 1. The van der Waals surface area contributed by atoms with Gasteiger partial charge in [-0.05, 0) is 43.6 Å². The summed E-state index contributed by atoms with van der Waals surface area (Å²) >= 11 is 0. The topological polar surface area (TPSA) is 54.2 Å². The highest BCUT2D eigenvalue weighted by Gasteiger charge is 2.31. The first kappa shape index (κ1) is 16.8. The van der Waals surface area contributed by atoms with Gasteiger partial charge < -0.3 is 10.6 Å². The number of nitrogens with one attached hydrogen (secondary N) is 2. The molecule has 1 heterocycles. The smallest absolute Gasteiger partial charge is 0.191 e. The van der Waals surface area contributed by atoms with Gasteiger partial charge >= 0.3 is 0 Å². The Balaban J connectivity index is 1.84. The molecule has 5 nitrogen and oxygen atoms in total. The minimum atomic E-state index is 0.450. The molecule has 0 aromatic carbocycles. The second-order valence-electron chi connectivity index (χ2n) is 6.45. The Hall–Kier alpha value is -1.52. The van der Waals surface area contributed by atoms with Crippen molar-refractivity contribution >= 4 is 5.96 Å². The van der Waals surface area contributed by atoms with Crippen molar-refractivity contribution in [2.75, 3.05) is 19.6 Å². The maximum absolute atomic E-state index is 4.85. The molecule has 0 unspecified atom stereocenters. The van der Waals surface area contributed by atoms with E-state index in [1.54, 1.807) is 0 Å². The van der Waals surface area contributed by atoms with Crippen LogP contribution in [0.1, 0.15) is 51.5 Å². The van der Waals surface area contributed by atoms with Gasteiger partial charge in [0.1, 0.15) is 0 Å². The fourth-order valence-electron chi connectivity index (χ4n) is 3.26. The molecule has 2 N–H and O–H groups in total. The van der Waals surface area contributed by atoms with E-state index >= 15 is 0 Å². The summed E-state index contributed by atoms with van der Waals surface area (Å²) in [6.07, 6.45) is 11.6. The van der Waals surface area contributed by atoms with Crippen molar-refractivity contribution < 1.29 is 0 Å². The molecule has 0 spiro atoms. The summed E-state index contributed by atoms with van der Waals surface area (Å²) in [4.78, 5) is 4.85. The minimum Gasteiger partial charge on any atom is -0.357 e. The van der Waals surface area contributed by atoms with Gasteiger partial charge in [0, 0.05) is 32.9 Å².